The molecule has 0 aliphatic heterocycles. The zero-order valence-corrected chi connectivity index (χ0v) is 11.4. The summed E-state index contributed by atoms with van der Waals surface area (Å²) in [5.41, 5.74) is 1.14. The van der Waals surface area contributed by atoms with E-state index < -0.39 is 0 Å². The molecule has 0 saturated carbocycles. The van der Waals surface area contributed by atoms with Crippen molar-refractivity contribution in [1.82, 2.24) is 10.6 Å². The second-order valence-electron chi connectivity index (χ2n) is 4.58. The molecular weight excluding hydrogens is 224 g/mol. The van der Waals surface area contributed by atoms with E-state index in [2.05, 4.69) is 17.6 Å². The Bertz CT molecular complexity index is 338. The Labute approximate surface area is 110 Å². The van der Waals surface area contributed by atoms with Crippen molar-refractivity contribution in [3.8, 4) is 0 Å². The normalized spacial score (nSPS) is 12.1. The molecule has 3 nitrogen and oxygen atoms in total. The van der Waals surface area contributed by atoms with Crippen molar-refractivity contribution in [1.29, 1.82) is 0 Å². The minimum absolute atomic E-state index is 0.134. The molecular formula is C15H24N2O. The van der Waals surface area contributed by atoms with Gasteiger partial charge in [0.25, 0.3) is 0 Å². The Kier molecular flexibility index (Phi) is 7.11. The highest BCUT2D eigenvalue weighted by Gasteiger charge is 2.08. The summed E-state index contributed by atoms with van der Waals surface area (Å²) in [4.78, 5) is 11.7. The van der Waals surface area contributed by atoms with Gasteiger partial charge in [0.2, 0.25) is 5.91 Å². The number of hydrogen-bond donors (Lipinski definition) is 2. The van der Waals surface area contributed by atoms with E-state index in [1.807, 2.05) is 37.4 Å². The van der Waals surface area contributed by atoms with Gasteiger partial charge in [0, 0.05) is 19.0 Å². The van der Waals surface area contributed by atoms with Crippen molar-refractivity contribution in [2.75, 3.05) is 7.05 Å². The summed E-state index contributed by atoms with van der Waals surface area (Å²) >= 11 is 0. The quantitative estimate of drug-likeness (QED) is 0.742. The molecule has 0 aromatic heterocycles. The molecule has 0 bridgehead atoms. The molecule has 1 aromatic carbocycles. The number of amides is 1. The van der Waals surface area contributed by atoms with Gasteiger partial charge in [-0.05, 0) is 25.5 Å². The van der Waals surface area contributed by atoms with E-state index in [9.17, 15) is 4.79 Å². The summed E-state index contributed by atoms with van der Waals surface area (Å²) in [6.45, 7) is 2.79. The first-order valence-electron chi connectivity index (χ1n) is 6.74. The summed E-state index contributed by atoms with van der Waals surface area (Å²) in [5, 5.41) is 6.21. The lowest BCUT2D eigenvalue weighted by atomic mass is 10.1. The summed E-state index contributed by atoms with van der Waals surface area (Å²) in [6.07, 6.45) is 3.78. The van der Waals surface area contributed by atoms with E-state index in [4.69, 9.17) is 0 Å². The van der Waals surface area contributed by atoms with E-state index in [-0.39, 0.29) is 5.91 Å². The largest absolute Gasteiger partial charge is 0.352 e. The van der Waals surface area contributed by atoms with Gasteiger partial charge in [-0.3, -0.25) is 4.79 Å². The fourth-order valence-electron chi connectivity index (χ4n) is 1.97. The van der Waals surface area contributed by atoms with Gasteiger partial charge in [0.15, 0.2) is 0 Å². The molecule has 18 heavy (non-hydrogen) atoms. The van der Waals surface area contributed by atoms with Crippen molar-refractivity contribution in [3.05, 3.63) is 35.9 Å². The molecule has 2 N–H and O–H groups in total. The highest BCUT2D eigenvalue weighted by Crippen LogP contribution is 2.04. The molecule has 1 rings (SSSR count). The highest BCUT2D eigenvalue weighted by molar-refractivity contribution is 5.75. The number of carbonyl (C=O) groups is 1. The minimum atomic E-state index is 0.134. The molecule has 1 atom stereocenters. The molecule has 0 aliphatic carbocycles. The summed E-state index contributed by atoms with van der Waals surface area (Å²) in [6, 6.07) is 10.5. The number of rotatable bonds is 8. The second kappa shape index (κ2) is 8.70. The Balaban J connectivity index is 2.21. The molecule has 0 saturated heterocycles. The van der Waals surface area contributed by atoms with Gasteiger partial charge in [0.05, 0.1) is 0 Å². The molecule has 0 fully saturated rings. The van der Waals surface area contributed by atoms with Gasteiger partial charge in [-0.15, -0.1) is 0 Å². The van der Waals surface area contributed by atoms with Crippen molar-refractivity contribution < 1.29 is 4.79 Å². The highest BCUT2D eigenvalue weighted by atomic mass is 16.1. The van der Waals surface area contributed by atoms with Crippen LogP contribution in [0.5, 0.6) is 0 Å². The molecule has 3 heteroatoms. The predicted octanol–water partition coefficient (Wildman–Crippen LogP) is 2.47. The fraction of sp³-hybridized carbons (Fsp3) is 0.533. The molecule has 1 aromatic rings. The van der Waals surface area contributed by atoms with E-state index in [1.165, 1.54) is 0 Å². The second-order valence-corrected chi connectivity index (χ2v) is 4.58. The van der Waals surface area contributed by atoms with Crippen LogP contribution in [0.1, 0.15) is 38.2 Å². The standard InChI is InChI=1S/C15H24N2O/c1-3-7-14(16-2)10-11-15(18)17-12-13-8-5-4-6-9-13/h4-6,8-9,14,16H,3,7,10-12H2,1-2H3,(H,17,18). The van der Waals surface area contributed by atoms with Crippen LogP contribution in [0, 0.1) is 0 Å². The minimum Gasteiger partial charge on any atom is -0.352 e. The van der Waals surface area contributed by atoms with Gasteiger partial charge in [0.1, 0.15) is 0 Å². The lowest BCUT2D eigenvalue weighted by Crippen LogP contribution is -2.29. The Morgan fingerprint density at radius 3 is 2.56 bits per heavy atom. The lowest BCUT2D eigenvalue weighted by Gasteiger charge is -2.14. The van der Waals surface area contributed by atoms with Gasteiger partial charge in [-0.25, -0.2) is 0 Å². The average molecular weight is 248 g/mol. The first kappa shape index (κ1) is 14.7. The van der Waals surface area contributed by atoms with Crippen LogP contribution in [0.2, 0.25) is 0 Å². The maximum absolute atomic E-state index is 11.7. The Hall–Kier alpha value is -1.35. The third-order valence-corrected chi connectivity index (χ3v) is 3.10. The maximum atomic E-state index is 11.7. The van der Waals surface area contributed by atoms with Crippen molar-refractivity contribution >= 4 is 5.91 Å². The SMILES string of the molecule is CCCC(CCC(=O)NCc1ccccc1)NC. The first-order valence-corrected chi connectivity index (χ1v) is 6.74. The molecule has 1 amide bonds. The van der Waals surface area contributed by atoms with Gasteiger partial charge in [-0.1, -0.05) is 43.7 Å². The van der Waals surface area contributed by atoms with Crippen LogP contribution >= 0.6 is 0 Å². The van der Waals surface area contributed by atoms with Gasteiger partial charge in [-0.2, -0.15) is 0 Å². The van der Waals surface area contributed by atoms with Gasteiger partial charge >= 0.3 is 0 Å². The monoisotopic (exact) mass is 248 g/mol. The lowest BCUT2D eigenvalue weighted by molar-refractivity contribution is -0.121. The maximum Gasteiger partial charge on any atom is 0.220 e. The zero-order chi connectivity index (χ0) is 13.2. The summed E-state index contributed by atoms with van der Waals surface area (Å²) < 4.78 is 0. The fourth-order valence-corrected chi connectivity index (χ4v) is 1.97. The van der Waals surface area contributed by atoms with E-state index in [0.29, 0.717) is 19.0 Å². The number of benzene rings is 1. The summed E-state index contributed by atoms with van der Waals surface area (Å²) in [7, 11) is 1.96. The molecule has 100 valence electrons. The molecule has 0 spiro atoms. The number of carbonyl (C=O) groups excluding carboxylic acids is 1. The van der Waals surface area contributed by atoms with E-state index in [1.54, 1.807) is 0 Å². The van der Waals surface area contributed by atoms with Crippen LogP contribution in [-0.4, -0.2) is 19.0 Å². The van der Waals surface area contributed by atoms with Crippen molar-refractivity contribution in [2.45, 2.75) is 45.2 Å². The van der Waals surface area contributed by atoms with Crippen molar-refractivity contribution in [2.24, 2.45) is 0 Å². The number of hydrogen-bond acceptors (Lipinski definition) is 2. The molecule has 1 unspecified atom stereocenters. The Morgan fingerprint density at radius 2 is 1.94 bits per heavy atom. The third-order valence-electron chi connectivity index (χ3n) is 3.10. The van der Waals surface area contributed by atoms with Gasteiger partial charge < -0.3 is 10.6 Å². The van der Waals surface area contributed by atoms with Crippen LogP contribution in [0.25, 0.3) is 0 Å². The van der Waals surface area contributed by atoms with E-state index in [0.717, 1.165) is 24.8 Å². The van der Waals surface area contributed by atoms with Crippen LogP contribution < -0.4 is 10.6 Å². The molecule has 0 radical (unpaired) electrons. The van der Waals surface area contributed by atoms with Crippen LogP contribution in [-0.2, 0) is 11.3 Å². The van der Waals surface area contributed by atoms with Crippen LogP contribution in [0.4, 0.5) is 0 Å². The molecule has 0 heterocycles. The predicted molar refractivity (Wildman–Crippen MR) is 75.3 cm³/mol. The smallest absolute Gasteiger partial charge is 0.220 e. The summed E-state index contributed by atoms with van der Waals surface area (Å²) in [5.74, 6) is 0.134. The van der Waals surface area contributed by atoms with Crippen LogP contribution in [0.3, 0.4) is 0 Å². The zero-order valence-electron chi connectivity index (χ0n) is 11.4. The van der Waals surface area contributed by atoms with Crippen molar-refractivity contribution in [3.63, 3.8) is 0 Å². The first-order chi connectivity index (χ1) is 8.76. The Morgan fingerprint density at radius 1 is 1.22 bits per heavy atom. The number of nitrogens with one attached hydrogen (secondary N) is 2. The average Bonchev–Trinajstić information content (AvgIpc) is 2.42. The molecule has 0 aliphatic rings. The topological polar surface area (TPSA) is 41.1 Å². The third kappa shape index (κ3) is 5.82. The van der Waals surface area contributed by atoms with E-state index >= 15 is 0 Å². The van der Waals surface area contributed by atoms with Crippen LogP contribution in [0.15, 0.2) is 30.3 Å².